The molecule has 0 saturated heterocycles. The number of rotatable bonds is 13. The largest absolute Gasteiger partial charge is 0.491 e. The number of nitrogens with two attached hydrogens (primary N) is 1. The molecule has 5 N–H and O–H groups in total. The van der Waals surface area contributed by atoms with Crippen LogP contribution in [0.4, 0.5) is 41.9 Å². The number of halogens is 3. The van der Waals surface area contributed by atoms with Crippen molar-refractivity contribution in [2.45, 2.75) is 19.5 Å². The maximum atomic E-state index is 13.2. The summed E-state index contributed by atoms with van der Waals surface area (Å²) in [4.78, 5) is 48.6. The summed E-state index contributed by atoms with van der Waals surface area (Å²) in [7, 11) is 3.94. The van der Waals surface area contributed by atoms with E-state index in [4.69, 9.17) is 10.6 Å². The molecule has 0 atom stereocenters. The molecule has 0 bridgehead atoms. The Kier molecular flexibility index (Phi) is 11.7. The molecule has 15 heteroatoms. The number of amides is 3. The number of alkyl halides is 3. The van der Waals surface area contributed by atoms with Crippen LogP contribution in [0.3, 0.4) is 0 Å². The molecular formula is C34H35F3N8O4. The van der Waals surface area contributed by atoms with E-state index in [9.17, 15) is 27.6 Å². The SMILES string of the molecule is C=CC(=O)Nc1cc(Nc2ncc(NC(=O)c3cc(N(N)C(=O)c4cccc(C(F)(F)F)c4)ccc3C)cn2)ccc1OCCCN(C)C. The van der Waals surface area contributed by atoms with Crippen LogP contribution >= 0.6 is 0 Å². The van der Waals surface area contributed by atoms with Gasteiger partial charge in [0, 0.05) is 23.4 Å². The zero-order chi connectivity index (χ0) is 35.7. The average Bonchev–Trinajstić information content (AvgIpc) is 3.07. The molecule has 0 unspecified atom stereocenters. The van der Waals surface area contributed by atoms with Crippen molar-refractivity contribution < 1.29 is 32.3 Å². The number of benzene rings is 3. The number of hydrazine groups is 1. The summed E-state index contributed by atoms with van der Waals surface area (Å²) in [6, 6.07) is 13.4. The number of carbonyl (C=O) groups excluding carboxylic acids is 3. The van der Waals surface area contributed by atoms with Gasteiger partial charge in [-0.1, -0.05) is 18.7 Å². The van der Waals surface area contributed by atoms with Crippen LogP contribution in [-0.4, -0.2) is 59.8 Å². The summed E-state index contributed by atoms with van der Waals surface area (Å²) in [6.07, 6.45) is 0.0557. The number of aryl methyl sites for hydroxylation is 1. The average molecular weight is 677 g/mol. The Labute approximate surface area is 280 Å². The molecule has 12 nitrogen and oxygen atoms in total. The minimum atomic E-state index is -4.64. The summed E-state index contributed by atoms with van der Waals surface area (Å²) in [5.41, 5.74) is 0.759. The first-order valence-corrected chi connectivity index (χ1v) is 14.9. The molecule has 0 fully saturated rings. The lowest BCUT2D eigenvalue weighted by molar-refractivity contribution is -0.137. The smallest absolute Gasteiger partial charge is 0.416 e. The summed E-state index contributed by atoms with van der Waals surface area (Å²) >= 11 is 0. The van der Waals surface area contributed by atoms with E-state index in [1.165, 1.54) is 30.6 Å². The van der Waals surface area contributed by atoms with Crippen molar-refractivity contribution in [2.24, 2.45) is 5.84 Å². The third-order valence-corrected chi connectivity index (χ3v) is 7.00. The lowest BCUT2D eigenvalue weighted by Gasteiger charge is -2.19. The first-order valence-electron chi connectivity index (χ1n) is 14.9. The Morgan fingerprint density at radius 2 is 1.71 bits per heavy atom. The highest BCUT2D eigenvalue weighted by Gasteiger charge is 2.31. The van der Waals surface area contributed by atoms with Gasteiger partial charge in [-0.05, 0) is 87.6 Å². The van der Waals surface area contributed by atoms with Crippen LogP contribution in [0.2, 0.25) is 0 Å². The fraction of sp³-hybridized carbons (Fsp3) is 0.206. The molecule has 1 aromatic heterocycles. The zero-order valence-corrected chi connectivity index (χ0v) is 27.0. The van der Waals surface area contributed by atoms with Crippen molar-refractivity contribution in [3.8, 4) is 5.75 Å². The molecule has 49 heavy (non-hydrogen) atoms. The van der Waals surface area contributed by atoms with Crippen molar-refractivity contribution in [3.05, 3.63) is 108 Å². The molecule has 4 rings (SSSR count). The van der Waals surface area contributed by atoms with Gasteiger partial charge in [-0.25, -0.2) is 20.8 Å². The number of carbonyl (C=O) groups is 3. The zero-order valence-electron chi connectivity index (χ0n) is 27.0. The molecule has 1 heterocycles. The van der Waals surface area contributed by atoms with Crippen LogP contribution in [0.1, 0.15) is 38.3 Å². The van der Waals surface area contributed by atoms with Gasteiger partial charge in [0.15, 0.2) is 0 Å². The van der Waals surface area contributed by atoms with Gasteiger partial charge in [0.05, 0.1) is 41.6 Å². The number of anilines is 5. The van der Waals surface area contributed by atoms with Crippen molar-refractivity contribution in [1.29, 1.82) is 0 Å². The predicted octanol–water partition coefficient (Wildman–Crippen LogP) is 5.78. The molecule has 4 aromatic rings. The van der Waals surface area contributed by atoms with Crippen LogP contribution in [-0.2, 0) is 11.0 Å². The number of hydrogen-bond donors (Lipinski definition) is 4. The molecule has 0 spiro atoms. The van der Waals surface area contributed by atoms with Gasteiger partial charge in [0.2, 0.25) is 11.9 Å². The van der Waals surface area contributed by atoms with Crippen molar-refractivity contribution in [2.75, 3.05) is 48.2 Å². The number of aromatic nitrogens is 2. The summed E-state index contributed by atoms with van der Waals surface area (Å²) in [6.45, 7) is 6.45. The molecule has 256 valence electrons. The fourth-order valence-corrected chi connectivity index (χ4v) is 4.45. The van der Waals surface area contributed by atoms with Gasteiger partial charge in [-0.2, -0.15) is 13.2 Å². The number of hydrogen-bond acceptors (Lipinski definition) is 9. The lowest BCUT2D eigenvalue weighted by Crippen LogP contribution is -2.37. The summed E-state index contributed by atoms with van der Waals surface area (Å²) < 4.78 is 45.3. The molecular weight excluding hydrogens is 641 g/mol. The van der Waals surface area contributed by atoms with Crippen LogP contribution in [0.5, 0.6) is 5.75 Å². The van der Waals surface area contributed by atoms with Crippen LogP contribution in [0.25, 0.3) is 0 Å². The van der Waals surface area contributed by atoms with Gasteiger partial charge >= 0.3 is 6.18 Å². The Balaban J connectivity index is 1.44. The number of ether oxygens (including phenoxy) is 1. The number of nitrogens with zero attached hydrogens (tertiary/aromatic N) is 4. The third-order valence-electron chi connectivity index (χ3n) is 7.00. The highest BCUT2D eigenvalue weighted by molar-refractivity contribution is 6.08. The van der Waals surface area contributed by atoms with Crippen LogP contribution < -0.4 is 31.5 Å². The minimum Gasteiger partial charge on any atom is -0.491 e. The van der Waals surface area contributed by atoms with E-state index >= 15 is 0 Å². The molecule has 3 amide bonds. The van der Waals surface area contributed by atoms with Gasteiger partial charge in [0.25, 0.3) is 11.8 Å². The second kappa shape index (κ2) is 15.9. The first kappa shape index (κ1) is 36.0. The quantitative estimate of drug-likeness (QED) is 0.0454. The number of nitrogens with one attached hydrogen (secondary N) is 3. The Morgan fingerprint density at radius 3 is 2.39 bits per heavy atom. The second-order valence-electron chi connectivity index (χ2n) is 11.0. The van der Waals surface area contributed by atoms with Gasteiger partial charge < -0.3 is 25.6 Å². The normalized spacial score (nSPS) is 11.1. The van der Waals surface area contributed by atoms with Gasteiger partial charge in [0.1, 0.15) is 5.75 Å². The lowest BCUT2D eigenvalue weighted by atomic mass is 10.1. The highest BCUT2D eigenvalue weighted by atomic mass is 19.4. The molecule has 0 radical (unpaired) electrons. The van der Waals surface area contributed by atoms with E-state index in [1.54, 1.807) is 31.2 Å². The van der Waals surface area contributed by atoms with E-state index in [0.717, 1.165) is 31.2 Å². The Bertz CT molecular complexity index is 1830. The maximum absolute atomic E-state index is 13.2. The van der Waals surface area contributed by atoms with Crippen molar-refractivity contribution >= 4 is 46.4 Å². The molecule has 0 aliphatic rings. The van der Waals surface area contributed by atoms with E-state index in [2.05, 4.69) is 32.5 Å². The van der Waals surface area contributed by atoms with E-state index in [0.29, 0.717) is 40.4 Å². The first-order chi connectivity index (χ1) is 23.2. The standard InChI is InChI=1S/C34H35F3N8O4/c1-5-30(46)43-28-17-24(11-13-29(28)49-15-7-14-44(3)4)42-33-39-19-25(20-40-33)41-31(47)27-18-26(12-10-21(27)2)45(38)32(48)22-8-6-9-23(16-22)34(35,36)37/h5-6,8-13,16-20H,1,7,14-15,38H2,2-4H3,(H,41,47)(H,43,46)(H,39,40,42). The Morgan fingerprint density at radius 1 is 0.980 bits per heavy atom. The summed E-state index contributed by atoms with van der Waals surface area (Å²) in [5, 5.41) is 9.12. The monoisotopic (exact) mass is 676 g/mol. The molecule has 0 saturated carbocycles. The maximum Gasteiger partial charge on any atom is 0.416 e. The molecule has 0 aliphatic heterocycles. The van der Waals surface area contributed by atoms with E-state index in [1.807, 2.05) is 19.0 Å². The second-order valence-corrected chi connectivity index (χ2v) is 11.0. The summed E-state index contributed by atoms with van der Waals surface area (Å²) in [5.74, 6) is 4.79. The van der Waals surface area contributed by atoms with Gasteiger partial charge in [-0.15, -0.1) is 0 Å². The van der Waals surface area contributed by atoms with Crippen LogP contribution in [0, 0.1) is 6.92 Å². The fourth-order valence-electron chi connectivity index (χ4n) is 4.45. The topological polar surface area (TPSA) is 155 Å². The molecule has 3 aromatic carbocycles. The minimum absolute atomic E-state index is 0.0857. The van der Waals surface area contributed by atoms with Gasteiger partial charge in [-0.3, -0.25) is 14.4 Å². The molecule has 0 aliphatic carbocycles. The van der Waals surface area contributed by atoms with Crippen molar-refractivity contribution in [1.82, 2.24) is 14.9 Å². The Hall–Kier alpha value is -5.80. The van der Waals surface area contributed by atoms with Crippen molar-refractivity contribution in [3.63, 3.8) is 0 Å². The highest BCUT2D eigenvalue weighted by Crippen LogP contribution is 2.31. The van der Waals surface area contributed by atoms with Crippen LogP contribution in [0.15, 0.2) is 85.7 Å². The van der Waals surface area contributed by atoms with E-state index < -0.39 is 29.5 Å². The van der Waals surface area contributed by atoms with E-state index in [-0.39, 0.29) is 28.5 Å². The third kappa shape index (κ3) is 9.85. The predicted molar refractivity (Wildman–Crippen MR) is 181 cm³/mol.